The van der Waals surface area contributed by atoms with Crippen LogP contribution in [0.5, 0.6) is 0 Å². The lowest BCUT2D eigenvalue weighted by molar-refractivity contribution is -0.137. The van der Waals surface area contributed by atoms with Gasteiger partial charge in [0.15, 0.2) is 0 Å². The van der Waals surface area contributed by atoms with Crippen LogP contribution in [0.1, 0.15) is 11.1 Å². The van der Waals surface area contributed by atoms with Gasteiger partial charge < -0.3 is 15.4 Å². The fraction of sp³-hybridized carbons (Fsp3) is 0.0952. The van der Waals surface area contributed by atoms with Crippen molar-refractivity contribution in [2.75, 3.05) is 15.4 Å². The lowest BCUT2D eigenvalue weighted by Gasteiger charge is -2.14. The molecule has 2 amide bonds. The molecule has 0 unspecified atom stereocenters. The number of anilines is 3. The number of para-hydroxylation sites is 2. The standard InChI is InChI=1S/C21H18F3N3OS/c1-14-9-11-17(12-10-14)29-27-19-8-3-2-7-18(19)26-20(28)25-16-6-4-5-15(13-16)21(22,23)24/h2-13,27H,1H3,(H2,25,26,28). The number of carbonyl (C=O) groups is 1. The highest BCUT2D eigenvalue weighted by Gasteiger charge is 2.30. The molecule has 150 valence electrons. The van der Waals surface area contributed by atoms with Gasteiger partial charge in [-0.3, -0.25) is 0 Å². The second kappa shape index (κ2) is 8.91. The molecular formula is C21H18F3N3OS. The summed E-state index contributed by atoms with van der Waals surface area (Å²) < 4.78 is 41.6. The summed E-state index contributed by atoms with van der Waals surface area (Å²) in [5.74, 6) is 0. The average Bonchev–Trinajstić information content (AvgIpc) is 2.68. The van der Waals surface area contributed by atoms with Crippen molar-refractivity contribution in [2.45, 2.75) is 18.0 Å². The van der Waals surface area contributed by atoms with E-state index in [-0.39, 0.29) is 5.69 Å². The molecule has 3 N–H and O–H groups in total. The van der Waals surface area contributed by atoms with E-state index in [2.05, 4.69) is 15.4 Å². The van der Waals surface area contributed by atoms with Crippen LogP contribution >= 0.6 is 11.9 Å². The Labute approximate surface area is 170 Å². The van der Waals surface area contributed by atoms with Crippen molar-refractivity contribution in [3.63, 3.8) is 0 Å². The summed E-state index contributed by atoms with van der Waals surface area (Å²) >= 11 is 1.39. The van der Waals surface area contributed by atoms with Gasteiger partial charge in [0.2, 0.25) is 0 Å². The first-order valence-electron chi connectivity index (χ1n) is 8.65. The summed E-state index contributed by atoms with van der Waals surface area (Å²) in [5, 5.41) is 5.08. The zero-order chi connectivity index (χ0) is 20.9. The van der Waals surface area contributed by atoms with Crippen LogP contribution in [0.3, 0.4) is 0 Å². The predicted octanol–water partition coefficient (Wildman–Crippen LogP) is 6.78. The molecule has 3 aromatic rings. The number of benzene rings is 3. The van der Waals surface area contributed by atoms with E-state index >= 15 is 0 Å². The largest absolute Gasteiger partial charge is 0.416 e. The second-order valence-electron chi connectivity index (χ2n) is 6.22. The van der Waals surface area contributed by atoms with Crippen molar-refractivity contribution in [3.05, 3.63) is 83.9 Å². The van der Waals surface area contributed by atoms with Gasteiger partial charge in [0.05, 0.1) is 16.9 Å². The molecule has 4 nitrogen and oxygen atoms in total. The van der Waals surface area contributed by atoms with Crippen LogP contribution in [-0.2, 0) is 6.18 Å². The molecule has 0 atom stereocenters. The number of hydrogen-bond acceptors (Lipinski definition) is 3. The maximum atomic E-state index is 12.8. The lowest BCUT2D eigenvalue weighted by atomic mass is 10.2. The average molecular weight is 417 g/mol. The van der Waals surface area contributed by atoms with E-state index in [4.69, 9.17) is 0 Å². The van der Waals surface area contributed by atoms with E-state index in [1.165, 1.54) is 24.1 Å². The van der Waals surface area contributed by atoms with Crippen LogP contribution in [0.25, 0.3) is 0 Å². The zero-order valence-electron chi connectivity index (χ0n) is 15.4. The van der Waals surface area contributed by atoms with E-state index in [0.29, 0.717) is 11.4 Å². The zero-order valence-corrected chi connectivity index (χ0v) is 16.2. The minimum atomic E-state index is -4.47. The minimum Gasteiger partial charge on any atom is -0.324 e. The minimum absolute atomic E-state index is 0.0526. The second-order valence-corrected chi connectivity index (χ2v) is 7.10. The molecule has 3 rings (SSSR count). The van der Waals surface area contributed by atoms with Crippen LogP contribution in [0, 0.1) is 6.92 Å². The summed E-state index contributed by atoms with van der Waals surface area (Å²) in [6.45, 7) is 2.00. The van der Waals surface area contributed by atoms with Gasteiger partial charge in [-0.15, -0.1) is 0 Å². The third kappa shape index (κ3) is 5.92. The van der Waals surface area contributed by atoms with Crippen molar-refractivity contribution < 1.29 is 18.0 Å². The highest BCUT2D eigenvalue weighted by molar-refractivity contribution is 8.00. The highest BCUT2D eigenvalue weighted by atomic mass is 32.2. The maximum absolute atomic E-state index is 12.8. The van der Waals surface area contributed by atoms with Crippen molar-refractivity contribution >= 4 is 35.0 Å². The van der Waals surface area contributed by atoms with E-state index in [0.717, 1.165) is 22.6 Å². The van der Waals surface area contributed by atoms with Gasteiger partial charge in [0.25, 0.3) is 0 Å². The Morgan fingerprint density at radius 2 is 1.55 bits per heavy atom. The molecular weight excluding hydrogens is 399 g/mol. The third-order valence-corrected chi connectivity index (χ3v) is 4.75. The van der Waals surface area contributed by atoms with Gasteiger partial charge in [0, 0.05) is 10.6 Å². The first-order valence-corrected chi connectivity index (χ1v) is 9.47. The Balaban J connectivity index is 1.66. The molecule has 0 aliphatic carbocycles. The Kier molecular flexibility index (Phi) is 6.33. The molecule has 29 heavy (non-hydrogen) atoms. The number of aryl methyl sites for hydroxylation is 1. The lowest BCUT2D eigenvalue weighted by Crippen LogP contribution is -2.20. The van der Waals surface area contributed by atoms with Gasteiger partial charge >= 0.3 is 12.2 Å². The monoisotopic (exact) mass is 417 g/mol. The number of carbonyl (C=O) groups excluding carboxylic acids is 1. The fourth-order valence-corrected chi connectivity index (χ4v) is 3.14. The van der Waals surface area contributed by atoms with E-state index in [1.807, 2.05) is 37.3 Å². The Morgan fingerprint density at radius 3 is 2.24 bits per heavy atom. The van der Waals surface area contributed by atoms with E-state index < -0.39 is 17.8 Å². The molecule has 0 saturated heterocycles. The SMILES string of the molecule is Cc1ccc(SNc2ccccc2NC(=O)Nc2cccc(C(F)(F)F)c2)cc1. The normalized spacial score (nSPS) is 11.0. The molecule has 0 saturated carbocycles. The molecule has 0 radical (unpaired) electrons. The van der Waals surface area contributed by atoms with Gasteiger partial charge in [0.1, 0.15) is 0 Å². The van der Waals surface area contributed by atoms with Crippen LogP contribution in [0.2, 0.25) is 0 Å². The molecule has 0 fully saturated rings. The number of nitrogens with one attached hydrogen (secondary N) is 3. The summed E-state index contributed by atoms with van der Waals surface area (Å²) in [6.07, 6.45) is -4.47. The van der Waals surface area contributed by atoms with Crippen LogP contribution in [0.15, 0.2) is 77.7 Å². The summed E-state index contributed by atoms with van der Waals surface area (Å²) in [5.41, 5.74) is 1.54. The van der Waals surface area contributed by atoms with Crippen molar-refractivity contribution in [3.8, 4) is 0 Å². The molecule has 3 aromatic carbocycles. The van der Waals surface area contributed by atoms with Crippen molar-refractivity contribution in [1.29, 1.82) is 0 Å². The molecule has 8 heteroatoms. The topological polar surface area (TPSA) is 53.2 Å². The highest BCUT2D eigenvalue weighted by Crippen LogP contribution is 2.31. The number of halogens is 3. The van der Waals surface area contributed by atoms with Crippen molar-refractivity contribution in [1.82, 2.24) is 0 Å². The van der Waals surface area contributed by atoms with Gasteiger partial charge in [-0.25, -0.2) is 4.79 Å². The number of hydrogen-bond donors (Lipinski definition) is 3. The number of amides is 2. The van der Waals surface area contributed by atoms with E-state index in [9.17, 15) is 18.0 Å². The molecule has 0 aliphatic rings. The van der Waals surface area contributed by atoms with Crippen molar-refractivity contribution in [2.24, 2.45) is 0 Å². The smallest absolute Gasteiger partial charge is 0.324 e. The molecule has 0 heterocycles. The number of alkyl halides is 3. The summed E-state index contributed by atoms with van der Waals surface area (Å²) in [4.78, 5) is 13.3. The molecule has 0 bridgehead atoms. The molecule has 0 aromatic heterocycles. The summed E-state index contributed by atoms with van der Waals surface area (Å²) in [6, 6.07) is 18.8. The third-order valence-electron chi connectivity index (χ3n) is 3.92. The Hall–Kier alpha value is -3.13. The van der Waals surface area contributed by atoms with E-state index in [1.54, 1.807) is 18.2 Å². The number of rotatable bonds is 5. The Bertz CT molecular complexity index is 991. The Morgan fingerprint density at radius 1 is 0.862 bits per heavy atom. The first-order chi connectivity index (χ1) is 13.8. The quantitative estimate of drug-likeness (QED) is 0.401. The first kappa shape index (κ1) is 20.6. The van der Waals surface area contributed by atoms with Crippen LogP contribution in [0.4, 0.5) is 35.0 Å². The van der Waals surface area contributed by atoms with Crippen LogP contribution < -0.4 is 15.4 Å². The number of urea groups is 1. The molecule has 0 spiro atoms. The predicted molar refractivity (Wildman–Crippen MR) is 111 cm³/mol. The molecule has 0 aliphatic heterocycles. The van der Waals surface area contributed by atoms with Gasteiger partial charge in [-0.05, 0) is 61.3 Å². The summed E-state index contributed by atoms with van der Waals surface area (Å²) in [7, 11) is 0. The van der Waals surface area contributed by atoms with Gasteiger partial charge in [-0.2, -0.15) is 13.2 Å². The maximum Gasteiger partial charge on any atom is 0.416 e. The fourth-order valence-electron chi connectivity index (χ4n) is 2.46. The van der Waals surface area contributed by atoms with Crippen LogP contribution in [-0.4, -0.2) is 6.03 Å². The van der Waals surface area contributed by atoms with Gasteiger partial charge in [-0.1, -0.05) is 35.9 Å².